The van der Waals surface area contributed by atoms with E-state index in [0.717, 1.165) is 41.5 Å². The summed E-state index contributed by atoms with van der Waals surface area (Å²) >= 11 is 0. The van der Waals surface area contributed by atoms with Crippen LogP contribution in [0.3, 0.4) is 0 Å². The van der Waals surface area contributed by atoms with Crippen molar-refractivity contribution in [3.05, 3.63) is 143 Å². The van der Waals surface area contributed by atoms with Crippen molar-refractivity contribution < 1.29 is 23.9 Å². The molecule has 1 amide bonds. The van der Waals surface area contributed by atoms with Crippen LogP contribution in [0.15, 0.2) is 115 Å². The minimum absolute atomic E-state index is 0.162. The van der Waals surface area contributed by atoms with Gasteiger partial charge in [0.15, 0.2) is 5.60 Å². The highest BCUT2D eigenvalue weighted by Gasteiger charge is 2.45. The Balaban J connectivity index is 1.43. The largest absolute Gasteiger partial charge is 0.466 e. The number of esters is 2. The molecule has 3 N–H and O–H groups in total. The number of hydrogen-bond donors (Lipinski definition) is 2. The van der Waals surface area contributed by atoms with Crippen molar-refractivity contribution in [3.63, 3.8) is 0 Å². The molecule has 0 aromatic heterocycles. The fourth-order valence-corrected chi connectivity index (χ4v) is 7.64. The first-order valence-corrected chi connectivity index (χ1v) is 20.2. The number of carbonyl (C=O) groups excluding carboxylic acids is 3. The fraction of sp³-hybridized carbons (Fsp3) is 0.426. The molecule has 1 heterocycles. The van der Waals surface area contributed by atoms with Crippen molar-refractivity contribution in [2.24, 2.45) is 11.7 Å². The van der Waals surface area contributed by atoms with Crippen LogP contribution in [-0.4, -0.2) is 61.1 Å². The van der Waals surface area contributed by atoms with E-state index in [2.05, 4.69) is 43.4 Å². The van der Waals surface area contributed by atoms with E-state index in [1.165, 1.54) is 5.56 Å². The average molecular weight is 746 g/mol. The topological polar surface area (TPSA) is 111 Å². The zero-order valence-electron chi connectivity index (χ0n) is 32.8. The van der Waals surface area contributed by atoms with Gasteiger partial charge in [-0.3, -0.25) is 9.59 Å². The predicted octanol–water partition coefficient (Wildman–Crippen LogP) is 7.93. The summed E-state index contributed by atoms with van der Waals surface area (Å²) in [4.78, 5) is 44.1. The van der Waals surface area contributed by atoms with Crippen LogP contribution in [0.5, 0.6) is 0 Å². The molecule has 8 heteroatoms. The number of carbonyl (C=O) groups is 3. The predicted molar refractivity (Wildman–Crippen MR) is 218 cm³/mol. The van der Waals surface area contributed by atoms with E-state index in [1.807, 2.05) is 91.0 Å². The molecule has 4 atom stereocenters. The molecule has 1 aliphatic heterocycles. The molecule has 1 aliphatic rings. The summed E-state index contributed by atoms with van der Waals surface area (Å²) in [5.41, 5.74) is 9.45. The van der Waals surface area contributed by atoms with Gasteiger partial charge >= 0.3 is 11.9 Å². The van der Waals surface area contributed by atoms with E-state index in [-0.39, 0.29) is 25.0 Å². The zero-order valence-corrected chi connectivity index (χ0v) is 32.8. The number of likely N-dealkylation sites (tertiary alicyclic amines) is 1. The maximum atomic E-state index is 14.7. The molecule has 1 unspecified atom stereocenters. The highest BCUT2D eigenvalue weighted by atomic mass is 16.6. The van der Waals surface area contributed by atoms with Crippen LogP contribution >= 0.6 is 0 Å². The van der Waals surface area contributed by atoms with Crippen molar-refractivity contribution in [1.29, 1.82) is 0 Å². The smallest absolute Gasteiger partial charge is 0.330 e. The second kappa shape index (κ2) is 20.8. The Morgan fingerprint density at radius 1 is 0.818 bits per heavy atom. The highest BCUT2D eigenvalue weighted by Crippen LogP contribution is 2.42. The highest BCUT2D eigenvalue weighted by molar-refractivity contribution is 5.88. The summed E-state index contributed by atoms with van der Waals surface area (Å²) in [5, 5.41) is 3.45. The standard InChI is InChI=1S/C47H59N3O5/c1-4-35(3)37-28-30-41(31-29-37)47(39-20-11-7-12-21-39,40-22-13-8-14-23-40)55-46(53)43-25-17-33-50(43)44(51)42(24-15-16-32-48)49-34-38(45(52)54-5-2)27-26-36-18-9-6-10-19-36/h6-14,18-23,28-31,35,38,42-43,49H,4-5,15-17,24-27,32-34,48H2,1-3H3/t35-,38?,42+,43+/m1/s1. The summed E-state index contributed by atoms with van der Waals surface area (Å²) in [6.45, 7) is 7.71. The van der Waals surface area contributed by atoms with Crippen LogP contribution in [0, 0.1) is 5.92 Å². The molecule has 0 bridgehead atoms. The molecule has 0 spiro atoms. The van der Waals surface area contributed by atoms with Gasteiger partial charge in [0, 0.05) is 29.8 Å². The van der Waals surface area contributed by atoms with Gasteiger partial charge in [-0.1, -0.05) is 136 Å². The zero-order chi connectivity index (χ0) is 39.0. The van der Waals surface area contributed by atoms with Crippen LogP contribution in [0.4, 0.5) is 0 Å². The Hall–Kier alpha value is -4.79. The normalized spacial score (nSPS) is 15.9. The minimum atomic E-state index is -1.25. The van der Waals surface area contributed by atoms with E-state index >= 15 is 0 Å². The van der Waals surface area contributed by atoms with Crippen LogP contribution in [-0.2, 0) is 35.9 Å². The number of unbranched alkanes of at least 4 members (excludes halogenated alkanes) is 1. The van der Waals surface area contributed by atoms with E-state index in [4.69, 9.17) is 15.2 Å². The molecular formula is C47H59N3O5. The summed E-state index contributed by atoms with van der Waals surface area (Å²) in [5.74, 6) is -0.937. The first-order chi connectivity index (χ1) is 26.8. The second-order valence-electron chi connectivity index (χ2n) is 14.7. The van der Waals surface area contributed by atoms with Crippen LogP contribution < -0.4 is 11.1 Å². The number of rotatable bonds is 20. The Labute approximate surface area is 327 Å². The lowest BCUT2D eigenvalue weighted by Gasteiger charge is -2.37. The van der Waals surface area contributed by atoms with Gasteiger partial charge in [-0.25, -0.2) is 4.79 Å². The summed E-state index contributed by atoms with van der Waals surface area (Å²) in [7, 11) is 0. The second-order valence-corrected chi connectivity index (χ2v) is 14.7. The molecular weight excluding hydrogens is 687 g/mol. The summed E-state index contributed by atoms with van der Waals surface area (Å²) < 4.78 is 12.3. The van der Waals surface area contributed by atoms with Crippen LogP contribution in [0.1, 0.15) is 99.5 Å². The van der Waals surface area contributed by atoms with E-state index in [9.17, 15) is 14.4 Å². The molecule has 0 aliphatic carbocycles. The van der Waals surface area contributed by atoms with Crippen LogP contribution in [0.25, 0.3) is 0 Å². The molecule has 55 heavy (non-hydrogen) atoms. The third kappa shape index (κ3) is 10.5. The van der Waals surface area contributed by atoms with Crippen molar-refractivity contribution in [2.45, 2.75) is 95.7 Å². The number of hydrogen-bond acceptors (Lipinski definition) is 7. The minimum Gasteiger partial charge on any atom is -0.466 e. The molecule has 4 aromatic carbocycles. The molecule has 8 nitrogen and oxygen atoms in total. The van der Waals surface area contributed by atoms with Gasteiger partial charge < -0.3 is 25.4 Å². The van der Waals surface area contributed by atoms with Gasteiger partial charge in [0.1, 0.15) is 6.04 Å². The monoisotopic (exact) mass is 745 g/mol. The quantitative estimate of drug-likeness (QED) is 0.0537. The van der Waals surface area contributed by atoms with E-state index in [0.29, 0.717) is 51.1 Å². The molecule has 292 valence electrons. The number of ether oxygens (including phenoxy) is 2. The Kier molecular flexibility index (Phi) is 15.6. The third-order valence-electron chi connectivity index (χ3n) is 11.0. The lowest BCUT2D eigenvalue weighted by Crippen LogP contribution is -2.52. The Bertz CT molecular complexity index is 1730. The summed E-state index contributed by atoms with van der Waals surface area (Å²) in [6, 6.07) is 36.8. The maximum Gasteiger partial charge on any atom is 0.330 e. The molecule has 0 saturated carbocycles. The van der Waals surface area contributed by atoms with Crippen molar-refractivity contribution >= 4 is 17.8 Å². The number of benzene rings is 4. The fourth-order valence-electron chi connectivity index (χ4n) is 7.64. The maximum absolute atomic E-state index is 14.7. The average Bonchev–Trinajstić information content (AvgIpc) is 3.73. The SMILES string of the molecule is CCOC(=O)C(CCc1ccccc1)CN[C@@H](CCCCN)C(=O)N1CCC[C@H]1C(=O)OC(c1ccccc1)(c1ccccc1)c1ccc([C@H](C)CC)cc1. The van der Waals surface area contributed by atoms with Gasteiger partial charge in [0.2, 0.25) is 5.91 Å². The number of nitrogens with two attached hydrogens (primary N) is 1. The van der Waals surface area contributed by atoms with E-state index < -0.39 is 29.6 Å². The molecule has 4 aromatic rings. The number of nitrogens with zero attached hydrogens (tertiary/aromatic N) is 1. The van der Waals surface area contributed by atoms with Gasteiger partial charge in [0.05, 0.1) is 18.6 Å². The lowest BCUT2D eigenvalue weighted by atomic mass is 9.79. The van der Waals surface area contributed by atoms with Crippen molar-refractivity contribution in [1.82, 2.24) is 10.2 Å². The Morgan fingerprint density at radius 2 is 1.42 bits per heavy atom. The summed E-state index contributed by atoms with van der Waals surface area (Å²) in [6.07, 6.45) is 5.50. The third-order valence-corrected chi connectivity index (χ3v) is 11.0. The lowest BCUT2D eigenvalue weighted by molar-refractivity contribution is -0.162. The van der Waals surface area contributed by atoms with Gasteiger partial charge in [-0.2, -0.15) is 0 Å². The molecule has 1 fully saturated rings. The molecule has 5 rings (SSSR count). The number of aryl methyl sites for hydroxylation is 1. The van der Waals surface area contributed by atoms with Gasteiger partial charge in [-0.05, 0) is 75.5 Å². The number of amides is 1. The van der Waals surface area contributed by atoms with Gasteiger partial charge in [-0.15, -0.1) is 0 Å². The Morgan fingerprint density at radius 3 is 2.00 bits per heavy atom. The van der Waals surface area contributed by atoms with Gasteiger partial charge in [0.25, 0.3) is 0 Å². The van der Waals surface area contributed by atoms with Crippen molar-refractivity contribution in [2.75, 3.05) is 26.2 Å². The van der Waals surface area contributed by atoms with Crippen LogP contribution in [0.2, 0.25) is 0 Å². The first-order valence-electron chi connectivity index (χ1n) is 20.2. The van der Waals surface area contributed by atoms with E-state index in [1.54, 1.807) is 11.8 Å². The molecule has 0 radical (unpaired) electrons. The van der Waals surface area contributed by atoms with Crippen molar-refractivity contribution in [3.8, 4) is 0 Å². The molecule has 1 saturated heterocycles. The number of nitrogens with one attached hydrogen (secondary N) is 1. The first kappa shape index (κ1) is 41.4.